The van der Waals surface area contributed by atoms with E-state index in [2.05, 4.69) is 15.6 Å². The van der Waals surface area contributed by atoms with Crippen molar-refractivity contribution in [1.29, 1.82) is 0 Å². The number of nitrogens with zero attached hydrogens (tertiary/aromatic N) is 1. The first-order chi connectivity index (χ1) is 15.3. The molecule has 7 nitrogen and oxygen atoms in total. The van der Waals surface area contributed by atoms with Crippen LogP contribution in [0.1, 0.15) is 19.8 Å². The maximum absolute atomic E-state index is 12.6. The Hall–Kier alpha value is -2.88. The van der Waals surface area contributed by atoms with E-state index < -0.39 is 11.2 Å². The van der Waals surface area contributed by atoms with Gasteiger partial charge in [-0.1, -0.05) is 29.8 Å². The number of aliphatic carboxylic acids is 1. The van der Waals surface area contributed by atoms with Gasteiger partial charge in [0, 0.05) is 33.0 Å². The Bertz CT molecular complexity index is 1120. The van der Waals surface area contributed by atoms with Crippen molar-refractivity contribution in [2.24, 2.45) is 0 Å². The van der Waals surface area contributed by atoms with E-state index in [0.29, 0.717) is 15.8 Å². The first kappa shape index (κ1) is 23.8. The SMILES string of the molecule is CC(Sc1cccc(NC(=O)CCC(=O)O)c1)C(=O)Nc1nc(-c2ccc(Cl)cc2)cs1. The lowest BCUT2D eigenvalue weighted by atomic mass is 10.2. The number of aromatic nitrogens is 1. The second-order valence-electron chi connectivity index (χ2n) is 6.76. The summed E-state index contributed by atoms with van der Waals surface area (Å²) in [6.45, 7) is 1.78. The molecule has 2 aromatic carbocycles. The molecule has 3 N–H and O–H groups in total. The van der Waals surface area contributed by atoms with Gasteiger partial charge in [-0.2, -0.15) is 0 Å². The topological polar surface area (TPSA) is 108 Å². The van der Waals surface area contributed by atoms with E-state index in [1.165, 1.54) is 23.1 Å². The van der Waals surface area contributed by atoms with Crippen molar-refractivity contribution in [2.75, 3.05) is 10.6 Å². The fraction of sp³-hybridized carbons (Fsp3) is 0.182. The Kier molecular flexibility index (Phi) is 8.26. The van der Waals surface area contributed by atoms with Gasteiger partial charge in [-0.15, -0.1) is 23.1 Å². The Morgan fingerprint density at radius 1 is 1.12 bits per heavy atom. The zero-order valence-electron chi connectivity index (χ0n) is 17.0. The lowest BCUT2D eigenvalue weighted by Crippen LogP contribution is -2.22. The number of carbonyl (C=O) groups is 3. The second-order valence-corrected chi connectivity index (χ2v) is 9.47. The van der Waals surface area contributed by atoms with Gasteiger partial charge in [0.2, 0.25) is 11.8 Å². The molecule has 0 fully saturated rings. The molecular formula is C22H20ClN3O4S2. The molecule has 2 amide bonds. The average molecular weight is 490 g/mol. The first-order valence-electron chi connectivity index (χ1n) is 9.61. The molecule has 1 atom stereocenters. The standard InChI is InChI=1S/C22H20ClN3O4S2/c1-13(32-17-4-2-3-16(11-17)24-19(27)9-10-20(28)29)21(30)26-22-25-18(12-31-22)14-5-7-15(23)8-6-14/h2-8,11-13H,9-10H2,1H3,(H,24,27)(H,28,29)(H,25,26,30). The van der Waals surface area contributed by atoms with Gasteiger partial charge in [0.1, 0.15) is 0 Å². The van der Waals surface area contributed by atoms with Crippen LogP contribution in [0.4, 0.5) is 10.8 Å². The normalized spacial score (nSPS) is 11.6. The van der Waals surface area contributed by atoms with E-state index >= 15 is 0 Å². The van der Waals surface area contributed by atoms with Gasteiger partial charge in [0.05, 0.1) is 17.4 Å². The lowest BCUT2D eigenvalue weighted by Gasteiger charge is -2.12. The van der Waals surface area contributed by atoms with Crippen LogP contribution >= 0.6 is 34.7 Å². The summed E-state index contributed by atoms with van der Waals surface area (Å²) < 4.78 is 0. The minimum absolute atomic E-state index is 0.0999. The molecule has 3 rings (SSSR count). The Morgan fingerprint density at radius 3 is 2.59 bits per heavy atom. The number of carbonyl (C=O) groups excluding carboxylic acids is 2. The molecule has 3 aromatic rings. The van der Waals surface area contributed by atoms with Crippen LogP contribution in [0.3, 0.4) is 0 Å². The monoisotopic (exact) mass is 489 g/mol. The van der Waals surface area contributed by atoms with Crippen molar-refractivity contribution in [1.82, 2.24) is 4.98 Å². The highest BCUT2D eigenvalue weighted by Crippen LogP contribution is 2.29. The quantitative estimate of drug-likeness (QED) is 0.348. The van der Waals surface area contributed by atoms with E-state index in [1.807, 2.05) is 23.6 Å². The molecule has 0 aliphatic carbocycles. The van der Waals surface area contributed by atoms with Crippen LogP contribution in [-0.2, 0) is 14.4 Å². The van der Waals surface area contributed by atoms with Crippen LogP contribution in [0.5, 0.6) is 0 Å². The third-order valence-corrected chi connectivity index (χ3v) is 6.34. The van der Waals surface area contributed by atoms with Gasteiger partial charge >= 0.3 is 5.97 Å². The van der Waals surface area contributed by atoms with E-state index in [-0.39, 0.29) is 24.7 Å². The largest absolute Gasteiger partial charge is 0.481 e. The maximum Gasteiger partial charge on any atom is 0.303 e. The van der Waals surface area contributed by atoms with E-state index in [0.717, 1.165) is 16.2 Å². The van der Waals surface area contributed by atoms with Crippen molar-refractivity contribution in [3.8, 4) is 11.3 Å². The number of hydrogen-bond donors (Lipinski definition) is 3. The average Bonchev–Trinajstić information content (AvgIpc) is 3.21. The van der Waals surface area contributed by atoms with Gasteiger partial charge in [-0.3, -0.25) is 14.4 Å². The van der Waals surface area contributed by atoms with Crippen LogP contribution in [0, 0.1) is 0 Å². The Labute approximate surface area is 198 Å². The highest BCUT2D eigenvalue weighted by Gasteiger charge is 2.17. The van der Waals surface area contributed by atoms with Crippen molar-refractivity contribution >= 4 is 63.3 Å². The highest BCUT2D eigenvalue weighted by molar-refractivity contribution is 8.00. The van der Waals surface area contributed by atoms with Gasteiger partial charge in [-0.25, -0.2) is 4.98 Å². The number of benzene rings is 2. The third kappa shape index (κ3) is 7.08. The van der Waals surface area contributed by atoms with Gasteiger partial charge < -0.3 is 15.7 Å². The number of thioether (sulfide) groups is 1. The first-order valence-corrected chi connectivity index (χ1v) is 11.7. The van der Waals surface area contributed by atoms with Crippen molar-refractivity contribution in [3.63, 3.8) is 0 Å². The number of carboxylic acids is 1. The number of thiazole rings is 1. The van der Waals surface area contributed by atoms with Crippen molar-refractivity contribution < 1.29 is 19.5 Å². The number of rotatable bonds is 9. The maximum atomic E-state index is 12.6. The summed E-state index contributed by atoms with van der Waals surface area (Å²) in [5, 5.41) is 16.8. The molecule has 0 saturated heterocycles. The van der Waals surface area contributed by atoms with Gasteiger partial charge in [0.15, 0.2) is 5.13 Å². The molecule has 0 spiro atoms. The molecule has 0 bridgehead atoms. The number of anilines is 2. The zero-order chi connectivity index (χ0) is 23.1. The Morgan fingerprint density at radius 2 is 1.88 bits per heavy atom. The number of halogens is 1. The molecular weight excluding hydrogens is 470 g/mol. The summed E-state index contributed by atoms with van der Waals surface area (Å²) in [6, 6.07) is 14.4. The summed E-state index contributed by atoms with van der Waals surface area (Å²) >= 11 is 8.60. The number of amides is 2. The van der Waals surface area contributed by atoms with Crippen LogP contribution in [0.25, 0.3) is 11.3 Å². The molecule has 32 heavy (non-hydrogen) atoms. The van der Waals surface area contributed by atoms with E-state index in [4.69, 9.17) is 16.7 Å². The molecule has 1 aromatic heterocycles. The molecule has 1 heterocycles. The van der Waals surface area contributed by atoms with Crippen LogP contribution in [0.2, 0.25) is 5.02 Å². The summed E-state index contributed by atoms with van der Waals surface area (Å²) in [4.78, 5) is 40.3. The van der Waals surface area contributed by atoms with E-state index in [9.17, 15) is 14.4 Å². The van der Waals surface area contributed by atoms with Crippen LogP contribution in [0.15, 0.2) is 58.8 Å². The molecule has 1 unspecified atom stereocenters. The molecule has 0 aliphatic heterocycles. The smallest absolute Gasteiger partial charge is 0.303 e. The zero-order valence-corrected chi connectivity index (χ0v) is 19.4. The minimum Gasteiger partial charge on any atom is -0.481 e. The van der Waals surface area contributed by atoms with Crippen LogP contribution in [-0.4, -0.2) is 33.1 Å². The summed E-state index contributed by atoms with van der Waals surface area (Å²) in [5.74, 6) is -1.59. The molecule has 10 heteroatoms. The van der Waals surface area contributed by atoms with Gasteiger partial charge in [-0.05, 0) is 37.3 Å². The molecule has 0 aliphatic rings. The fourth-order valence-corrected chi connectivity index (χ4v) is 4.42. The fourth-order valence-electron chi connectivity index (χ4n) is 2.64. The van der Waals surface area contributed by atoms with Crippen molar-refractivity contribution in [2.45, 2.75) is 29.9 Å². The highest BCUT2D eigenvalue weighted by atomic mass is 35.5. The van der Waals surface area contributed by atoms with E-state index in [1.54, 1.807) is 37.3 Å². The molecule has 0 radical (unpaired) electrons. The predicted octanol–water partition coefficient (Wildman–Crippen LogP) is 5.39. The van der Waals surface area contributed by atoms with Gasteiger partial charge in [0.25, 0.3) is 0 Å². The number of nitrogens with one attached hydrogen (secondary N) is 2. The second kappa shape index (κ2) is 11.1. The number of carboxylic acid groups (broad SMARTS) is 1. The third-order valence-electron chi connectivity index (χ3n) is 4.24. The van der Waals surface area contributed by atoms with Crippen molar-refractivity contribution in [3.05, 3.63) is 58.9 Å². The summed E-state index contributed by atoms with van der Waals surface area (Å²) in [6.07, 6.45) is -0.328. The summed E-state index contributed by atoms with van der Waals surface area (Å²) in [5.41, 5.74) is 2.22. The predicted molar refractivity (Wildman–Crippen MR) is 128 cm³/mol. The number of hydrogen-bond acceptors (Lipinski definition) is 6. The minimum atomic E-state index is -1.02. The summed E-state index contributed by atoms with van der Waals surface area (Å²) in [7, 11) is 0. The lowest BCUT2D eigenvalue weighted by molar-refractivity contribution is -0.138. The molecule has 0 saturated carbocycles. The Balaban J connectivity index is 1.56. The van der Waals surface area contributed by atoms with Crippen LogP contribution < -0.4 is 10.6 Å². The molecule has 166 valence electrons.